The summed E-state index contributed by atoms with van der Waals surface area (Å²) in [5, 5.41) is 5.52. The van der Waals surface area contributed by atoms with E-state index in [-0.39, 0.29) is 11.9 Å². The van der Waals surface area contributed by atoms with E-state index in [1.165, 1.54) is 7.11 Å². The fourth-order valence-electron chi connectivity index (χ4n) is 2.87. The lowest BCUT2D eigenvalue weighted by Gasteiger charge is -2.31. The van der Waals surface area contributed by atoms with E-state index >= 15 is 0 Å². The van der Waals surface area contributed by atoms with E-state index in [0.717, 1.165) is 0 Å². The van der Waals surface area contributed by atoms with Crippen LogP contribution in [0.5, 0.6) is 11.5 Å². The molecule has 0 spiro atoms. The number of esters is 1. The number of hydrogen-bond donors (Lipinski definition) is 2. The van der Waals surface area contributed by atoms with Crippen molar-refractivity contribution in [3.8, 4) is 11.5 Å². The highest BCUT2D eigenvalue weighted by Gasteiger charge is 2.34. The fraction of sp³-hybridized carbons (Fsp3) is 0.474. The third kappa shape index (κ3) is 4.09. The quantitative estimate of drug-likeness (QED) is 0.729. The maximum atomic E-state index is 12.4. The van der Waals surface area contributed by atoms with Crippen LogP contribution in [-0.2, 0) is 9.53 Å². The van der Waals surface area contributed by atoms with Gasteiger partial charge in [-0.1, -0.05) is 19.9 Å². The first-order valence-electron chi connectivity index (χ1n) is 8.72. The molecule has 26 heavy (non-hydrogen) atoms. The summed E-state index contributed by atoms with van der Waals surface area (Å²) in [5.41, 5.74) is 1.65. The van der Waals surface area contributed by atoms with Gasteiger partial charge in [-0.05, 0) is 37.5 Å². The maximum Gasteiger partial charge on any atom is 0.337 e. The van der Waals surface area contributed by atoms with Crippen molar-refractivity contribution in [3.63, 3.8) is 0 Å². The molecular formula is C19H26N2O5. The Morgan fingerprint density at radius 3 is 2.38 bits per heavy atom. The van der Waals surface area contributed by atoms with Crippen molar-refractivity contribution in [1.82, 2.24) is 10.6 Å². The van der Waals surface area contributed by atoms with Gasteiger partial charge in [-0.25, -0.2) is 9.59 Å². The average molecular weight is 362 g/mol. The highest BCUT2D eigenvalue weighted by molar-refractivity contribution is 5.95. The third-order valence-electron chi connectivity index (χ3n) is 3.99. The van der Waals surface area contributed by atoms with Crippen LogP contribution in [0.3, 0.4) is 0 Å². The molecule has 142 valence electrons. The molecule has 1 aromatic rings. The first-order chi connectivity index (χ1) is 12.4. The highest BCUT2D eigenvalue weighted by atomic mass is 16.5. The number of hydrogen-bond acceptors (Lipinski definition) is 5. The van der Waals surface area contributed by atoms with Gasteiger partial charge in [0.1, 0.15) is 0 Å². The molecule has 7 nitrogen and oxygen atoms in total. The number of urea groups is 1. The second-order valence-corrected chi connectivity index (χ2v) is 6.08. The summed E-state index contributed by atoms with van der Waals surface area (Å²) in [6.07, 6.45) is 0. The van der Waals surface area contributed by atoms with Crippen LogP contribution in [0.15, 0.2) is 29.5 Å². The molecule has 0 fully saturated rings. The largest absolute Gasteiger partial charge is 0.490 e. The highest BCUT2D eigenvalue weighted by Crippen LogP contribution is 2.35. The van der Waals surface area contributed by atoms with Gasteiger partial charge < -0.3 is 24.8 Å². The van der Waals surface area contributed by atoms with Crippen molar-refractivity contribution >= 4 is 12.0 Å². The Labute approximate surface area is 153 Å². The number of rotatable bonds is 7. The molecule has 1 heterocycles. The standard InChI is InChI=1S/C19H26N2O5/c1-6-25-13-9-8-12(10-14(13)26-7-2)17-15(18(22)24-5)16(11(3)4)20-19(23)21-17/h8-11,17H,6-7H2,1-5H3,(H2,20,21,23). The minimum absolute atomic E-state index is 0.0493. The molecule has 1 aromatic carbocycles. The van der Waals surface area contributed by atoms with E-state index in [0.29, 0.717) is 41.5 Å². The van der Waals surface area contributed by atoms with Crippen molar-refractivity contribution in [1.29, 1.82) is 0 Å². The van der Waals surface area contributed by atoms with E-state index in [1.807, 2.05) is 33.8 Å². The Morgan fingerprint density at radius 1 is 1.15 bits per heavy atom. The molecule has 0 aromatic heterocycles. The topological polar surface area (TPSA) is 85.9 Å². The molecule has 1 aliphatic rings. The molecular weight excluding hydrogens is 336 g/mol. The minimum atomic E-state index is -0.636. The fourth-order valence-corrected chi connectivity index (χ4v) is 2.87. The Bertz CT molecular complexity index is 712. The third-order valence-corrected chi connectivity index (χ3v) is 3.99. The number of allylic oxidation sites excluding steroid dienone is 1. The molecule has 0 saturated heterocycles. The van der Waals surface area contributed by atoms with Crippen molar-refractivity contribution in [2.75, 3.05) is 20.3 Å². The molecule has 7 heteroatoms. The van der Waals surface area contributed by atoms with E-state index in [1.54, 1.807) is 12.1 Å². The lowest BCUT2D eigenvalue weighted by atomic mass is 9.91. The normalized spacial score (nSPS) is 16.8. The molecule has 2 amide bonds. The van der Waals surface area contributed by atoms with Crippen LogP contribution in [0.1, 0.15) is 39.3 Å². The molecule has 1 unspecified atom stereocenters. The lowest BCUT2D eigenvalue weighted by Crippen LogP contribution is -2.47. The van der Waals surface area contributed by atoms with Gasteiger partial charge in [0.05, 0.1) is 31.9 Å². The van der Waals surface area contributed by atoms with E-state index < -0.39 is 12.0 Å². The van der Waals surface area contributed by atoms with Crippen LogP contribution >= 0.6 is 0 Å². The summed E-state index contributed by atoms with van der Waals surface area (Å²) < 4.78 is 16.2. The molecule has 2 rings (SSSR count). The Kier molecular flexibility index (Phi) is 6.49. The van der Waals surface area contributed by atoms with Gasteiger partial charge in [0.2, 0.25) is 0 Å². The molecule has 0 bridgehead atoms. The number of ether oxygens (including phenoxy) is 3. The molecule has 2 N–H and O–H groups in total. The van der Waals surface area contributed by atoms with Gasteiger partial charge in [0.25, 0.3) is 0 Å². The number of methoxy groups -OCH3 is 1. The summed E-state index contributed by atoms with van der Waals surface area (Å²) >= 11 is 0. The van der Waals surface area contributed by atoms with E-state index in [9.17, 15) is 9.59 Å². The van der Waals surface area contributed by atoms with Crippen LogP contribution in [0.4, 0.5) is 4.79 Å². The zero-order valence-electron chi connectivity index (χ0n) is 15.8. The SMILES string of the molecule is CCOc1ccc(C2NC(=O)NC(C(C)C)=C2C(=O)OC)cc1OCC. The summed E-state index contributed by atoms with van der Waals surface area (Å²) in [6.45, 7) is 8.57. The van der Waals surface area contributed by atoms with Crippen molar-refractivity contribution in [3.05, 3.63) is 35.0 Å². The number of carbonyl (C=O) groups is 2. The van der Waals surface area contributed by atoms with Gasteiger partial charge in [0, 0.05) is 5.70 Å². The Hall–Kier alpha value is -2.70. The van der Waals surface area contributed by atoms with Crippen LogP contribution < -0.4 is 20.1 Å². The van der Waals surface area contributed by atoms with Crippen LogP contribution in [-0.4, -0.2) is 32.3 Å². The molecule has 1 aliphatic heterocycles. The van der Waals surface area contributed by atoms with Crippen molar-refractivity contribution < 1.29 is 23.8 Å². The summed E-state index contributed by atoms with van der Waals surface area (Å²) in [7, 11) is 1.32. The van der Waals surface area contributed by atoms with Crippen LogP contribution in [0.2, 0.25) is 0 Å². The second kappa shape index (κ2) is 8.60. The molecule has 0 aliphatic carbocycles. The number of carbonyl (C=O) groups excluding carboxylic acids is 2. The number of amides is 2. The van der Waals surface area contributed by atoms with Crippen LogP contribution in [0, 0.1) is 5.92 Å². The summed E-state index contributed by atoms with van der Waals surface area (Å²) in [5.74, 6) is 0.644. The van der Waals surface area contributed by atoms with E-state index in [2.05, 4.69) is 10.6 Å². The van der Waals surface area contributed by atoms with Crippen molar-refractivity contribution in [2.45, 2.75) is 33.7 Å². The molecule has 0 radical (unpaired) electrons. The zero-order chi connectivity index (χ0) is 19.3. The molecule has 1 atom stereocenters. The predicted octanol–water partition coefficient (Wildman–Crippen LogP) is 2.92. The lowest BCUT2D eigenvalue weighted by molar-refractivity contribution is -0.136. The van der Waals surface area contributed by atoms with Crippen LogP contribution in [0.25, 0.3) is 0 Å². The zero-order valence-corrected chi connectivity index (χ0v) is 15.8. The van der Waals surface area contributed by atoms with Gasteiger partial charge >= 0.3 is 12.0 Å². The first kappa shape index (κ1) is 19.6. The minimum Gasteiger partial charge on any atom is -0.490 e. The number of benzene rings is 1. The van der Waals surface area contributed by atoms with E-state index in [4.69, 9.17) is 14.2 Å². The maximum absolute atomic E-state index is 12.4. The number of nitrogens with one attached hydrogen (secondary N) is 2. The Morgan fingerprint density at radius 2 is 1.81 bits per heavy atom. The van der Waals surface area contributed by atoms with Crippen molar-refractivity contribution in [2.24, 2.45) is 5.92 Å². The second-order valence-electron chi connectivity index (χ2n) is 6.08. The summed E-state index contributed by atoms with van der Waals surface area (Å²) in [4.78, 5) is 24.6. The smallest absolute Gasteiger partial charge is 0.337 e. The van der Waals surface area contributed by atoms with Gasteiger partial charge in [-0.3, -0.25) is 0 Å². The monoisotopic (exact) mass is 362 g/mol. The predicted molar refractivity (Wildman–Crippen MR) is 97.1 cm³/mol. The van der Waals surface area contributed by atoms with Gasteiger partial charge in [-0.15, -0.1) is 0 Å². The first-order valence-corrected chi connectivity index (χ1v) is 8.72. The van der Waals surface area contributed by atoms with Gasteiger partial charge in [-0.2, -0.15) is 0 Å². The molecule has 0 saturated carbocycles. The average Bonchev–Trinajstić information content (AvgIpc) is 2.62. The van der Waals surface area contributed by atoms with Gasteiger partial charge in [0.15, 0.2) is 11.5 Å². The summed E-state index contributed by atoms with van der Waals surface area (Å²) in [6, 6.07) is 4.37. The Balaban J connectivity index is 2.56.